The molecule has 88 valence electrons. The summed E-state index contributed by atoms with van der Waals surface area (Å²) in [6.07, 6.45) is 2.11. The van der Waals surface area contributed by atoms with E-state index in [4.69, 9.17) is 11.6 Å². The fraction of sp³-hybridized carbons (Fsp3) is 0.167. The van der Waals surface area contributed by atoms with Gasteiger partial charge in [0.25, 0.3) is 0 Å². The molecule has 1 unspecified atom stereocenters. The van der Waals surface area contributed by atoms with Crippen molar-refractivity contribution in [2.24, 2.45) is 0 Å². The minimum atomic E-state index is -0.869. The molecule has 1 atom stereocenters. The molecule has 0 spiro atoms. The molecule has 5 heteroatoms. The molecule has 0 aliphatic rings. The topological polar surface area (TPSA) is 50.2 Å². The maximum absolute atomic E-state index is 11.3. The fourth-order valence-electron chi connectivity index (χ4n) is 1.63. The quantitative estimate of drug-likeness (QED) is 0.925. The average molecular weight is 268 g/mol. The normalized spacial score (nSPS) is 12.3. The first-order valence-electron chi connectivity index (χ1n) is 5.03. The maximum Gasteiger partial charge on any atom is 0.311 e. The van der Waals surface area contributed by atoms with E-state index < -0.39 is 11.9 Å². The zero-order chi connectivity index (χ0) is 12.3. The molecule has 1 heterocycles. The van der Waals surface area contributed by atoms with Gasteiger partial charge in [-0.25, -0.2) is 0 Å². The summed E-state index contributed by atoms with van der Waals surface area (Å²) in [4.78, 5) is 16.2. The van der Waals surface area contributed by atoms with Gasteiger partial charge in [-0.1, -0.05) is 29.8 Å². The number of benzene rings is 1. The van der Waals surface area contributed by atoms with Crippen molar-refractivity contribution >= 4 is 28.9 Å². The van der Waals surface area contributed by atoms with Gasteiger partial charge in [-0.3, -0.25) is 9.78 Å². The molecule has 1 N–H and O–H groups in total. The Kier molecular flexibility index (Phi) is 3.76. The van der Waals surface area contributed by atoms with E-state index in [1.165, 1.54) is 11.3 Å². The number of aliphatic carboxylic acids is 1. The van der Waals surface area contributed by atoms with Crippen molar-refractivity contribution in [1.82, 2.24) is 4.98 Å². The van der Waals surface area contributed by atoms with Crippen LogP contribution in [0.2, 0.25) is 5.02 Å². The van der Waals surface area contributed by atoms with Crippen LogP contribution >= 0.6 is 22.9 Å². The van der Waals surface area contributed by atoms with E-state index in [2.05, 4.69) is 4.98 Å². The summed E-state index contributed by atoms with van der Waals surface area (Å²) in [7, 11) is 0. The highest BCUT2D eigenvalue weighted by atomic mass is 35.5. The lowest BCUT2D eigenvalue weighted by Crippen LogP contribution is -2.14. The van der Waals surface area contributed by atoms with Crippen molar-refractivity contribution in [3.8, 4) is 0 Å². The second kappa shape index (κ2) is 5.29. The second-order valence-corrected chi connectivity index (χ2v) is 4.96. The predicted molar refractivity (Wildman–Crippen MR) is 67.6 cm³/mol. The van der Waals surface area contributed by atoms with Crippen molar-refractivity contribution in [2.45, 2.75) is 12.3 Å². The number of hydrogen-bond donors (Lipinski definition) is 1. The van der Waals surface area contributed by atoms with E-state index in [0.717, 1.165) is 4.88 Å². The Morgan fingerprint density at radius 3 is 2.82 bits per heavy atom. The Morgan fingerprint density at radius 2 is 2.24 bits per heavy atom. The van der Waals surface area contributed by atoms with Gasteiger partial charge >= 0.3 is 5.97 Å². The molecular formula is C12H10ClNO2S. The molecule has 0 radical (unpaired) electrons. The first-order chi connectivity index (χ1) is 8.18. The molecule has 1 aromatic carbocycles. The lowest BCUT2D eigenvalue weighted by Gasteiger charge is -2.12. The van der Waals surface area contributed by atoms with Gasteiger partial charge in [0, 0.05) is 22.5 Å². The highest BCUT2D eigenvalue weighted by Crippen LogP contribution is 2.28. The van der Waals surface area contributed by atoms with Gasteiger partial charge in [-0.2, -0.15) is 0 Å². The zero-order valence-electron chi connectivity index (χ0n) is 8.84. The highest BCUT2D eigenvalue weighted by molar-refractivity contribution is 7.09. The van der Waals surface area contributed by atoms with E-state index >= 15 is 0 Å². The fourth-order valence-corrected chi connectivity index (χ4v) is 2.54. The van der Waals surface area contributed by atoms with Crippen molar-refractivity contribution < 1.29 is 9.90 Å². The Balaban J connectivity index is 2.30. The number of nitrogens with zero attached hydrogens (tertiary/aromatic N) is 1. The van der Waals surface area contributed by atoms with Crippen LogP contribution < -0.4 is 0 Å². The van der Waals surface area contributed by atoms with Gasteiger partial charge in [0.2, 0.25) is 0 Å². The molecule has 0 fully saturated rings. The molecule has 0 saturated carbocycles. The van der Waals surface area contributed by atoms with E-state index in [0.29, 0.717) is 17.0 Å². The summed E-state index contributed by atoms with van der Waals surface area (Å²) in [5, 5.41) is 9.77. The summed E-state index contributed by atoms with van der Waals surface area (Å²) >= 11 is 7.48. The highest BCUT2D eigenvalue weighted by Gasteiger charge is 2.22. The van der Waals surface area contributed by atoms with Crippen LogP contribution in [0.3, 0.4) is 0 Å². The van der Waals surface area contributed by atoms with Gasteiger partial charge in [0.15, 0.2) is 0 Å². The average Bonchev–Trinajstić information content (AvgIpc) is 2.79. The third-order valence-electron chi connectivity index (χ3n) is 2.47. The molecule has 3 nitrogen and oxygen atoms in total. The van der Waals surface area contributed by atoms with E-state index in [1.54, 1.807) is 36.0 Å². The summed E-state index contributed by atoms with van der Waals surface area (Å²) in [6, 6.07) is 7.04. The van der Waals surface area contributed by atoms with Crippen molar-refractivity contribution in [2.75, 3.05) is 0 Å². The lowest BCUT2D eigenvalue weighted by molar-refractivity contribution is -0.138. The molecule has 0 aliphatic heterocycles. The summed E-state index contributed by atoms with van der Waals surface area (Å²) in [5.41, 5.74) is 2.34. The van der Waals surface area contributed by atoms with Gasteiger partial charge < -0.3 is 5.11 Å². The number of carboxylic acid groups (broad SMARTS) is 1. The molecule has 2 aromatic rings. The van der Waals surface area contributed by atoms with Crippen molar-refractivity contribution in [3.63, 3.8) is 0 Å². The summed E-state index contributed by atoms with van der Waals surface area (Å²) < 4.78 is 0. The van der Waals surface area contributed by atoms with Gasteiger partial charge in [-0.05, 0) is 11.6 Å². The lowest BCUT2D eigenvalue weighted by atomic mass is 9.95. The van der Waals surface area contributed by atoms with Crippen LogP contribution in [0.4, 0.5) is 0 Å². The monoisotopic (exact) mass is 267 g/mol. The van der Waals surface area contributed by atoms with Crippen LogP contribution in [0.1, 0.15) is 16.4 Å². The Bertz CT molecular complexity index is 513. The number of aromatic nitrogens is 1. The van der Waals surface area contributed by atoms with Gasteiger partial charge in [0.1, 0.15) is 0 Å². The Labute approximate surface area is 108 Å². The molecular weight excluding hydrogens is 258 g/mol. The van der Waals surface area contributed by atoms with E-state index in [1.807, 2.05) is 0 Å². The number of carbonyl (C=O) groups is 1. The largest absolute Gasteiger partial charge is 0.481 e. The van der Waals surface area contributed by atoms with Gasteiger partial charge in [-0.15, -0.1) is 11.3 Å². The van der Waals surface area contributed by atoms with Crippen LogP contribution in [-0.4, -0.2) is 16.1 Å². The third-order valence-corrected chi connectivity index (χ3v) is 3.61. The smallest absolute Gasteiger partial charge is 0.311 e. The number of carboxylic acids is 1. The van der Waals surface area contributed by atoms with Gasteiger partial charge in [0.05, 0.1) is 11.4 Å². The SMILES string of the molecule is O=C(O)C(Cc1cncs1)c1ccccc1Cl. The minimum Gasteiger partial charge on any atom is -0.481 e. The van der Waals surface area contributed by atoms with Crippen LogP contribution in [0, 0.1) is 0 Å². The third kappa shape index (κ3) is 2.84. The van der Waals surface area contributed by atoms with Crippen molar-refractivity contribution in [3.05, 3.63) is 51.4 Å². The van der Waals surface area contributed by atoms with Crippen LogP contribution in [0.15, 0.2) is 36.0 Å². The summed E-state index contributed by atoms with van der Waals surface area (Å²) in [5.74, 6) is -1.49. The van der Waals surface area contributed by atoms with E-state index in [-0.39, 0.29) is 0 Å². The molecule has 2 rings (SSSR count). The standard InChI is InChI=1S/C12H10ClNO2S/c13-11-4-2-1-3-9(11)10(12(15)16)5-8-6-14-7-17-8/h1-4,6-7,10H,5H2,(H,15,16). The predicted octanol–water partition coefficient (Wildman–Crippen LogP) is 3.21. The molecule has 1 aromatic heterocycles. The van der Waals surface area contributed by atoms with Crippen LogP contribution in [0.5, 0.6) is 0 Å². The first-order valence-corrected chi connectivity index (χ1v) is 6.29. The molecule has 0 amide bonds. The van der Waals surface area contributed by atoms with E-state index in [9.17, 15) is 9.90 Å². The summed E-state index contributed by atoms with van der Waals surface area (Å²) in [6.45, 7) is 0. The Hall–Kier alpha value is -1.39. The first kappa shape index (κ1) is 12.1. The minimum absolute atomic E-state index is 0.420. The van der Waals surface area contributed by atoms with Crippen molar-refractivity contribution in [1.29, 1.82) is 0 Å². The van der Waals surface area contributed by atoms with Crippen LogP contribution in [-0.2, 0) is 11.2 Å². The molecule has 17 heavy (non-hydrogen) atoms. The number of rotatable bonds is 4. The molecule has 0 aliphatic carbocycles. The molecule has 0 saturated heterocycles. The zero-order valence-corrected chi connectivity index (χ0v) is 10.4. The number of thiazole rings is 1. The van der Waals surface area contributed by atoms with Crippen LogP contribution in [0.25, 0.3) is 0 Å². The Morgan fingerprint density at radius 1 is 1.47 bits per heavy atom. The molecule has 0 bridgehead atoms. The number of hydrogen-bond acceptors (Lipinski definition) is 3. The number of halogens is 1. The second-order valence-electron chi connectivity index (χ2n) is 3.58. The maximum atomic E-state index is 11.3.